The summed E-state index contributed by atoms with van der Waals surface area (Å²) >= 11 is 0. The molecule has 0 saturated carbocycles. The van der Waals surface area contributed by atoms with Crippen LogP contribution in [-0.2, 0) is 16.4 Å². The summed E-state index contributed by atoms with van der Waals surface area (Å²) in [4.78, 5) is 15.0. The lowest BCUT2D eigenvalue weighted by molar-refractivity contribution is 0.0985. The van der Waals surface area contributed by atoms with Gasteiger partial charge in [0.05, 0.1) is 4.90 Å². The smallest absolute Gasteiger partial charge is 0.261 e. The molecule has 3 aromatic carbocycles. The van der Waals surface area contributed by atoms with Crippen molar-refractivity contribution in [2.45, 2.75) is 24.7 Å². The SMILES string of the molecule is Cc1ccc2c(c1)CCCN2C(=O)c1ccc(S(=O)(=O)Nc2ccccc2)cc1. The number of sulfonamides is 1. The van der Waals surface area contributed by atoms with E-state index in [0.717, 1.165) is 18.5 Å². The molecule has 0 aliphatic carbocycles. The zero-order chi connectivity index (χ0) is 20.4. The molecule has 0 aromatic heterocycles. The quantitative estimate of drug-likeness (QED) is 0.699. The van der Waals surface area contributed by atoms with Gasteiger partial charge in [-0.3, -0.25) is 9.52 Å². The van der Waals surface area contributed by atoms with Crippen LogP contribution >= 0.6 is 0 Å². The Morgan fingerprint density at radius 3 is 2.41 bits per heavy atom. The maximum Gasteiger partial charge on any atom is 0.261 e. The molecule has 0 radical (unpaired) electrons. The molecular formula is C23H22N2O3S. The Morgan fingerprint density at radius 1 is 0.966 bits per heavy atom. The highest BCUT2D eigenvalue weighted by molar-refractivity contribution is 7.92. The van der Waals surface area contributed by atoms with Crippen LogP contribution in [0.25, 0.3) is 0 Å². The highest BCUT2D eigenvalue weighted by Crippen LogP contribution is 2.29. The number of hydrogen-bond acceptors (Lipinski definition) is 3. The van der Waals surface area contributed by atoms with Gasteiger partial charge in [-0.25, -0.2) is 8.42 Å². The van der Waals surface area contributed by atoms with Crippen LogP contribution in [0.15, 0.2) is 77.7 Å². The standard InChI is InChI=1S/C23H22N2O3S/c1-17-9-14-22-19(16-17)6-5-15-25(22)23(26)18-10-12-21(13-11-18)29(27,28)24-20-7-3-2-4-8-20/h2-4,7-14,16,24H,5-6,15H2,1H3. The van der Waals surface area contributed by atoms with Gasteiger partial charge in [-0.1, -0.05) is 35.9 Å². The summed E-state index contributed by atoms with van der Waals surface area (Å²) in [6, 6.07) is 20.9. The number of benzene rings is 3. The van der Waals surface area contributed by atoms with Crippen LogP contribution in [0.5, 0.6) is 0 Å². The number of nitrogens with one attached hydrogen (secondary N) is 1. The fraction of sp³-hybridized carbons (Fsp3) is 0.174. The maximum absolute atomic E-state index is 13.1. The number of aryl methyl sites for hydroxylation is 2. The van der Waals surface area contributed by atoms with E-state index >= 15 is 0 Å². The summed E-state index contributed by atoms with van der Waals surface area (Å²) in [6.45, 7) is 2.70. The second-order valence-electron chi connectivity index (χ2n) is 7.19. The maximum atomic E-state index is 13.1. The lowest BCUT2D eigenvalue weighted by Crippen LogP contribution is -2.35. The van der Waals surface area contributed by atoms with Crippen molar-refractivity contribution in [3.8, 4) is 0 Å². The molecule has 0 saturated heterocycles. The molecule has 1 N–H and O–H groups in total. The van der Waals surface area contributed by atoms with Gasteiger partial charge in [0.1, 0.15) is 0 Å². The van der Waals surface area contributed by atoms with Crippen molar-refractivity contribution < 1.29 is 13.2 Å². The number of carbonyl (C=O) groups is 1. The van der Waals surface area contributed by atoms with E-state index in [-0.39, 0.29) is 10.8 Å². The minimum atomic E-state index is -3.71. The molecular weight excluding hydrogens is 384 g/mol. The van der Waals surface area contributed by atoms with Crippen LogP contribution in [0.3, 0.4) is 0 Å². The Morgan fingerprint density at radius 2 is 1.69 bits per heavy atom. The zero-order valence-corrected chi connectivity index (χ0v) is 16.9. The summed E-state index contributed by atoms with van der Waals surface area (Å²) in [7, 11) is -3.71. The van der Waals surface area contributed by atoms with Crippen molar-refractivity contribution in [2.75, 3.05) is 16.2 Å². The van der Waals surface area contributed by atoms with Crippen LogP contribution in [-0.4, -0.2) is 20.9 Å². The first-order valence-electron chi connectivity index (χ1n) is 9.53. The molecule has 1 amide bonds. The molecule has 148 valence electrons. The second kappa shape index (κ2) is 7.72. The highest BCUT2D eigenvalue weighted by atomic mass is 32.2. The number of carbonyl (C=O) groups excluding carboxylic acids is 1. The van der Waals surface area contributed by atoms with Crippen molar-refractivity contribution in [1.29, 1.82) is 0 Å². The molecule has 1 heterocycles. The van der Waals surface area contributed by atoms with Crippen molar-refractivity contribution in [2.24, 2.45) is 0 Å². The number of amides is 1. The van der Waals surface area contributed by atoms with E-state index in [9.17, 15) is 13.2 Å². The van der Waals surface area contributed by atoms with E-state index in [2.05, 4.69) is 10.8 Å². The number of nitrogens with zero attached hydrogens (tertiary/aromatic N) is 1. The number of anilines is 2. The lowest BCUT2D eigenvalue weighted by atomic mass is 9.99. The first-order chi connectivity index (χ1) is 13.9. The molecule has 3 aromatic rings. The second-order valence-corrected chi connectivity index (χ2v) is 8.87. The van der Waals surface area contributed by atoms with Gasteiger partial charge in [0.2, 0.25) is 0 Å². The van der Waals surface area contributed by atoms with E-state index < -0.39 is 10.0 Å². The van der Waals surface area contributed by atoms with Gasteiger partial charge in [0.25, 0.3) is 15.9 Å². The monoisotopic (exact) mass is 406 g/mol. The van der Waals surface area contributed by atoms with Crippen LogP contribution in [0.2, 0.25) is 0 Å². The van der Waals surface area contributed by atoms with Crippen molar-refractivity contribution in [3.63, 3.8) is 0 Å². The number of rotatable bonds is 4. The third kappa shape index (κ3) is 4.03. The Labute approximate surface area is 171 Å². The Bertz CT molecular complexity index is 1140. The minimum absolute atomic E-state index is 0.116. The van der Waals surface area contributed by atoms with Gasteiger partial charge < -0.3 is 4.90 Å². The predicted octanol–water partition coefficient (Wildman–Crippen LogP) is 4.39. The third-order valence-corrected chi connectivity index (χ3v) is 6.43. The van der Waals surface area contributed by atoms with E-state index in [1.54, 1.807) is 41.3 Å². The first-order valence-corrected chi connectivity index (χ1v) is 11.0. The van der Waals surface area contributed by atoms with Crippen LogP contribution < -0.4 is 9.62 Å². The third-order valence-electron chi connectivity index (χ3n) is 5.04. The molecule has 0 unspecified atom stereocenters. The summed E-state index contributed by atoms with van der Waals surface area (Å²) in [5, 5.41) is 0. The normalized spacial score (nSPS) is 13.6. The van der Waals surface area contributed by atoms with E-state index in [0.29, 0.717) is 17.8 Å². The van der Waals surface area contributed by atoms with Crippen LogP contribution in [0.4, 0.5) is 11.4 Å². The number of fused-ring (bicyclic) bond motifs is 1. The molecule has 0 atom stereocenters. The van der Waals surface area contributed by atoms with Gasteiger partial charge in [-0.15, -0.1) is 0 Å². The summed E-state index contributed by atoms with van der Waals surface area (Å²) in [6.07, 6.45) is 1.87. The van der Waals surface area contributed by atoms with Gasteiger partial charge >= 0.3 is 0 Å². The molecule has 1 aliphatic heterocycles. The Kier molecular flexibility index (Phi) is 5.11. The molecule has 0 bridgehead atoms. The van der Waals surface area contributed by atoms with Gasteiger partial charge in [0.15, 0.2) is 0 Å². The highest BCUT2D eigenvalue weighted by Gasteiger charge is 2.24. The van der Waals surface area contributed by atoms with Gasteiger partial charge in [-0.2, -0.15) is 0 Å². The fourth-order valence-corrected chi connectivity index (χ4v) is 4.65. The van der Waals surface area contributed by atoms with Crippen molar-refractivity contribution in [3.05, 3.63) is 89.5 Å². The molecule has 6 heteroatoms. The minimum Gasteiger partial charge on any atom is -0.308 e. The van der Waals surface area contributed by atoms with E-state index in [4.69, 9.17) is 0 Å². The fourth-order valence-electron chi connectivity index (χ4n) is 3.59. The van der Waals surface area contributed by atoms with Crippen molar-refractivity contribution >= 4 is 27.3 Å². The number of hydrogen-bond donors (Lipinski definition) is 1. The average molecular weight is 407 g/mol. The predicted molar refractivity (Wildman–Crippen MR) is 115 cm³/mol. The molecule has 0 spiro atoms. The molecule has 0 fully saturated rings. The molecule has 29 heavy (non-hydrogen) atoms. The molecule has 5 nitrogen and oxygen atoms in total. The van der Waals surface area contributed by atoms with Crippen molar-refractivity contribution in [1.82, 2.24) is 0 Å². The van der Waals surface area contributed by atoms with E-state index in [1.165, 1.54) is 23.3 Å². The summed E-state index contributed by atoms with van der Waals surface area (Å²) < 4.78 is 27.7. The van der Waals surface area contributed by atoms with E-state index in [1.807, 2.05) is 25.1 Å². The van der Waals surface area contributed by atoms with Gasteiger partial charge in [-0.05, 0) is 67.8 Å². The van der Waals surface area contributed by atoms with Crippen LogP contribution in [0.1, 0.15) is 27.9 Å². The summed E-state index contributed by atoms with van der Waals surface area (Å²) in [5.41, 5.74) is 4.26. The van der Waals surface area contributed by atoms with Crippen LogP contribution in [0, 0.1) is 6.92 Å². The molecule has 1 aliphatic rings. The largest absolute Gasteiger partial charge is 0.308 e. The Hall–Kier alpha value is -3.12. The van der Waals surface area contributed by atoms with Gasteiger partial charge in [0, 0.05) is 23.5 Å². The lowest BCUT2D eigenvalue weighted by Gasteiger charge is -2.30. The average Bonchev–Trinajstić information content (AvgIpc) is 2.73. The number of para-hydroxylation sites is 1. The molecule has 4 rings (SSSR count). The summed E-state index contributed by atoms with van der Waals surface area (Å²) in [5.74, 6) is -0.116. The zero-order valence-electron chi connectivity index (χ0n) is 16.1. The Balaban J connectivity index is 1.56. The topological polar surface area (TPSA) is 66.5 Å². The first kappa shape index (κ1) is 19.2.